The van der Waals surface area contributed by atoms with Crippen LogP contribution in [0, 0.1) is 0 Å². The van der Waals surface area contributed by atoms with Gasteiger partial charge in [-0.3, -0.25) is 4.79 Å². The number of hydrogen-bond acceptors (Lipinski definition) is 4. The summed E-state index contributed by atoms with van der Waals surface area (Å²) in [5.41, 5.74) is 0. The summed E-state index contributed by atoms with van der Waals surface area (Å²) in [6.07, 6.45) is 25.3. The molecule has 1 fully saturated rings. The molecule has 0 spiro atoms. The van der Waals surface area contributed by atoms with E-state index in [1.54, 1.807) is 0 Å². The molecule has 1 rings (SSSR count). The molecule has 1 aliphatic heterocycles. The molecular formula is C31H61N3O3. The minimum Gasteiger partial charge on any atom is -0.466 e. The van der Waals surface area contributed by atoms with Crippen LogP contribution in [0.1, 0.15) is 142 Å². The topological polar surface area (TPSA) is 61.9 Å². The molecule has 1 atom stereocenters. The third-order valence-electron chi connectivity index (χ3n) is 7.64. The van der Waals surface area contributed by atoms with Gasteiger partial charge in [-0.15, -0.1) is 0 Å². The highest BCUT2D eigenvalue weighted by atomic mass is 16.5. The van der Waals surface area contributed by atoms with Crippen molar-refractivity contribution in [3.05, 3.63) is 0 Å². The molecule has 6 nitrogen and oxygen atoms in total. The van der Waals surface area contributed by atoms with Crippen LogP contribution in [0.4, 0.5) is 4.79 Å². The predicted octanol–water partition coefficient (Wildman–Crippen LogP) is 7.70. The quantitative estimate of drug-likeness (QED) is 0.110. The van der Waals surface area contributed by atoms with Gasteiger partial charge in [-0.2, -0.15) is 0 Å². The first-order valence-electron chi connectivity index (χ1n) is 15.9. The molecule has 0 aromatic carbocycles. The molecule has 1 unspecified atom stereocenters. The zero-order valence-electron chi connectivity index (χ0n) is 24.9. The van der Waals surface area contributed by atoms with Crippen molar-refractivity contribution in [3.63, 3.8) is 0 Å². The number of carbonyl (C=O) groups is 2. The van der Waals surface area contributed by atoms with E-state index in [2.05, 4.69) is 17.1 Å². The van der Waals surface area contributed by atoms with E-state index in [1.807, 2.05) is 19.0 Å². The lowest BCUT2D eigenvalue weighted by Gasteiger charge is -2.35. The SMILES string of the molecule is CCCCCCCCCCCCCCCCCC(=O)OCCC1CCCCN1C(=O)NCCCN(C)C. The Hall–Kier alpha value is -1.30. The molecule has 1 N–H and O–H groups in total. The van der Waals surface area contributed by atoms with Crippen molar-refractivity contribution in [1.29, 1.82) is 0 Å². The predicted molar refractivity (Wildman–Crippen MR) is 156 cm³/mol. The van der Waals surface area contributed by atoms with Crippen LogP contribution in [-0.4, -0.2) is 68.2 Å². The zero-order valence-corrected chi connectivity index (χ0v) is 24.9. The Bertz CT molecular complexity index is 556. The molecule has 0 aromatic heterocycles. The van der Waals surface area contributed by atoms with Gasteiger partial charge < -0.3 is 19.9 Å². The lowest BCUT2D eigenvalue weighted by Crippen LogP contribution is -2.49. The summed E-state index contributed by atoms with van der Waals surface area (Å²) in [4.78, 5) is 28.8. The monoisotopic (exact) mass is 523 g/mol. The average Bonchev–Trinajstić information content (AvgIpc) is 2.89. The molecule has 0 aromatic rings. The number of rotatable bonds is 23. The number of ether oxygens (including phenoxy) is 1. The fourth-order valence-electron chi connectivity index (χ4n) is 5.28. The molecule has 1 heterocycles. The Morgan fingerprint density at radius 1 is 0.811 bits per heavy atom. The highest BCUT2D eigenvalue weighted by Gasteiger charge is 2.26. The Labute approximate surface area is 229 Å². The van der Waals surface area contributed by atoms with E-state index in [0.717, 1.165) is 58.0 Å². The van der Waals surface area contributed by atoms with Crippen molar-refractivity contribution in [3.8, 4) is 0 Å². The second-order valence-electron chi connectivity index (χ2n) is 11.4. The Balaban J connectivity index is 1.97. The van der Waals surface area contributed by atoms with Gasteiger partial charge in [0.2, 0.25) is 0 Å². The highest BCUT2D eigenvalue weighted by molar-refractivity contribution is 5.74. The number of urea groups is 1. The third kappa shape index (κ3) is 19.4. The van der Waals surface area contributed by atoms with Crippen LogP contribution < -0.4 is 5.32 Å². The summed E-state index contributed by atoms with van der Waals surface area (Å²) < 4.78 is 5.51. The van der Waals surface area contributed by atoms with Gasteiger partial charge in [-0.1, -0.05) is 96.8 Å². The summed E-state index contributed by atoms with van der Waals surface area (Å²) >= 11 is 0. The van der Waals surface area contributed by atoms with E-state index in [4.69, 9.17) is 4.74 Å². The lowest BCUT2D eigenvalue weighted by atomic mass is 10.00. The second-order valence-corrected chi connectivity index (χ2v) is 11.4. The van der Waals surface area contributed by atoms with Gasteiger partial charge in [0.05, 0.1) is 6.61 Å². The molecule has 1 aliphatic rings. The van der Waals surface area contributed by atoms with Gasteiger partial charge in [0.15, 0.2) is 0 Å². The van der Waals surface area contributed by atoms with E-state index in [1.165, 1.54) is 83.5 Å². The van der Waals surface area contributed by atoms with Crippen molar-refractivity contribution in [1.82, 2.24) is 15.1 Å². The Morgan fingerprint density at radius 3 is 1.95 bits per heavy atom. The maximum absolute atomic E-state index is 12.6. The molecule has 1 saturated heterocycles. The minimum atomic E-state index is -0.0785. The van der Waals surface area contributed by atoms with Crippen LogP contribution >= 0.6 is 0 Å². The fourth-order valence-corrected chi connectivity index (χ4v) is 5.28. The molecule has 0 saturated carbocycles. The zero-order chi connectivity index (χ0) is 27.0. The summed E-state index contributed by atoms with van der Waals surface area (Å²) in [5.74, 6) is -0.0785. The third-order valence-corrected chi connectivity index (χ3v) is 7.64. The smallest absolute Gasteiger partial charge is 0.317 e. The van der Waals surface area contributed by atoms with Crippen molar-refractivity contribution in [2.75, 3.05) is 40.3 Å². The molecular weight excluding hydrogens is 462 g/mol. The normalized spacial score (nSPS) is 15.8. The number of unbranched alkanes of at least 4 members (excludes halogenated alkanes) is 14. The molecule has 2 amide bonds. The van der Waals surface area contributed by atoms with Crippen molar-refractivity contribution in [2.45, 2.75) is 148 Å². The van der Waals surface area contributed by atoms with Crippen LogP contribution in [0.3, 0.4) is 0 Å². The molecule has 6 heteroatoms. The van der Waals surface area contributed by atoms with Gasteiger partial charge >= 0.3 is 12.0 Å². The van der Waals surface area contributed by atoms with Crippen molar-refractivity contribution >= 4 is 12.0 Å². The van der Waals surface area contributed by atoms with Crippen LogP contribution in [0.15, 0.2) is 0 Å². The number of nitrogens with one attached hydrogen (secondary N) is 1. The van der Waals surface area contributed by atoms with E-state index in [9.17, 15) is 9.59 Å². The minimum absolute atomic E-state index is 0.0348. The van der Waals surface area contributed by atoms with Crippen molar-refractivity contribution < 1.29 is 14.3 Å². The summed E-state index contributed by atoms with van der Waals surface area (Å²) in [6.45, 7) is 5.18. The number of esters is 1. The van der Waals surface area contributed by atoms with E-state index < -0.39 is 0 Å². The number of hydrogen-bond donors (Lipinski definition) is 1. The molecule has 218 valence electrons. The van der Waals surface area contributed by atoms with E-state index in [0.29, 0.717) is 19.6 Å². The van der Waals surface area contributed by atoms with Crippen LogP contribution in [0.2, 0.25) is 0 Å². The maximum Gasteiger partial charge on any atom is 0.317 e. The fraction of sp³-hybridized carbons (Fsp3) is 0.935. The van der Waals surface area contributed by atoms with Gasteiger partial charge in [0.25, 0.3) is 0 Å². The number of amides is 2. The summed E-state index contributed by atoms with van der Waals surface area (Å²) in [5, 5.41) is 3.06. The van der Waals surface area contributed by atoms with Crippen molar-refractivity contribution in [2.24, 2.45) is 0 Å². The summed E-state index contributed by atoms with van der Waals surface area (Å²) in [7, 11) is 4.09. The lowest BCUT2D eigenvalue weighted by molar-refractivity contribution is -0.144. The van der Waals surface area contributed by atoms with Gasteiger partial charge in [0, 0.05) is 32.0 Å². The van der Waals surface area contributed by atoms with Crippen LogP contribution in [0.25, 0.3) is 0 Å². The number of carbonyl (C=O) groups excluding carboxylic acids is 2. The first-order valence-corrected chi connectivity index (χ1v) is 15.9. The first-order chi connectivity index (χ1) is 18.0. The second kappa shape index (κ2) is 23.8. The van der Waals surface area contributed by atoms with Gasteiger partial charge in [-0.05, 0) is 52.7 Å². The number of nitrogens with zero attached hydrogens (tertiary/aromatic N) is 2. The molecule has 0 aliphatic carbocycles. The standard InChI is InChI=1S/C31H61N3O3/c1-4-5-6-7-8-9-10-11-12-13-14-15-16-17-18-23-30(35)37-28-24-29-22-19-20-27-34(29)31(36)32-25-21-26-33(2)3/h29H,4-28H2,1-3H3,(H,32,36). The Kier molecular flexibility index (Phi) is 21.7. The first kappa shape index (κ1) is 33.7. The average molecular weight is 524 g/mol. The Morgan fingerprint density at radius 2 is 1.38 bits per heavy atom. The van der Waals surface area contributed by atoms with Crippen LogP contribution in [0.5, 0.6) is 0 Å². The number of piperidine rings is 1. The van der Waals surface area contributed by atoms with Gasteiger partial charge in [-0.25, -0.2) is 4.79 Å². The van der Waals surface area contributed by atoms with E-state index in [-0.39, 0.29) is 18.0 Å². The molecule has 0 radical (unpaired) electrons. The number of likely N-dealkylation sites (tertiary alicyclic amines) is 1. The van der Waals surface area contributed by atoms with E-state index >= 15 is 0 Å². The highest BCUT2D eigenvalue weighted by Crippen LogP contribution is 2.20. The van der Waals surface area contributed by atoms with Gasteiger partial charge in [0.1, 0.15) is 0 Å². The maximum atomic E-state index is 12.6. The summed E-state index contributed by atoms with van der Waals surface area (Å²) in [6, 6.07) is 0.216. The largest absolute Gasteiger partial charge is 0.466 e. The molecule has 37 heavy (non-hydrogen) atoms. The van der Waals surface area contributed by atoms with Crippen LogP contribution in [-0.2, 0) is 9.53 Å². The molecule has 0 bridgehead atoms.